The molecule has 0 unspecified atom stereocenters. The van der Waals surface area contributed by atoms with E-state index in [1.165, 1.54) is 17.8 Å². The molecule has 1 fully saturated rings. The number of anilines is 1. The third kappa shape index (κ3) is 4.40. The highest BCUT2D eigenvalue weighted by Crippen LogP contribution is 2.25. The highest BCUT2D eigenvalue weighted by atomic mass is 32.2. The molecule has 0 bridgehead atoms. The number of likely N-dealkylation sites (tertiary alicyclic amines) is 1. The van der Waals surface area contributed by atoms with Crippen LogP contribution in [0.5, 0.6) is 0 Å². The smallest absolute Gasteiger partial charge is 0.256 e. The Morgan fingerprint density at radius 2 is 1.81 bits per heavy atom. The lowest BCUT2D eigenvalue weighted by Gasteiger charge is -2.15. The van der Waals surface area contributed by atoms with E-state index < -0.39 is 17.5 Å². The Morgan fingerprint density at radius 3 is 2.54 bits per heavy atom. The molecule has 2 aromatic rings. The van der Waals surface area contributed by atoms with Gasteiger partial charge in [-0.05, 0) is 37.1 Å². The molecule has 2 aromatic carbocycles. The van der Waals surface area contributed by atoms with E-state index in [-0.39, 0.29) is 17.3 Å². The Bertz CT molecular complexity index is 823. The van der Waals surface area contributed by atoms with Gasteiger partial charge in [0.2, 0.25) is 5.91 Å². The maximum Gasteiger partial charge on any atom is 0.256 e. The summed E-state index contributed by atoms with van der Waals surface area (Å²) in [6, 6.07) is 9.80. The minimum atomic E-state index is -0.840. The normalized spacial score (nSPS) is 13.7. The molecule has 1 heterocycles. The molecule has 0 atom stereocenters. The van der Waals surface area contributed by atoms with Gasteiger partial charge < -0.3 is 10.2 Å². The van der Waals surface area contributed by atoms with Crippen molar-refractivity contribution in [1.82, 2.24) is 4.90 Å². The van der Waals surface area contributed by atoms with E-state index in [4.69, 9.17) is 0 Å². The molecule has 26 heavy (non-hydrogen) atoms. The van der Waals surface area contributed by atoms with Crippen LogP contribution in [-0.2, 0) is 4.79 Å². The van der Waals surface area contributed by atoms with E-state index in [9.17, 15) is 18.4 Å². The minimum Gasteiger partial charge on any atom is -0.342 e. The lowest BCUT2D eigenvalue weighted by molar-refractivity contribution is -0.127. The molecule has 0 saturated carbocycles. The summed E-state index contributed by atoms with van der Waals surface area (Å²) in [5, 5.41) is 2.45. The van der Waals surface area contributed by atoms with Crippen LogP contribution in [-0.4, -0.2) is 35.6 Å². The number of carbonyl (C=O) groups is 2. The second-order valence-electron chi connectivity index (χ2n) is 5.95. The predicted octanol–water partition coefficient (Wildman–Crippen LogP) is 3.93. The van der Waals surface area contributed by atoms with Gasteiger partial charge in [-0.2, -0.15) is 0 Å². The Morgan fingerprint density at radius 1 is 1.08 bits per heavy atom. The Hall–Kier alpha value is -2.41. The van der Waals surface area contributed by atoms with Crippen LogP contribution >= 0.6 is 11.8 Å². The van der Waals surface area contributed by atoms with Crippen molar-refractivity contribution < 1.29 is 18.4 Å². The van der Waals surface area contributed by atoms with E-state index in [1.54, 1.807) is 24.3 Å². The summed E-state index contributed by atoms with van der Waals surface area (Å²) in [4.78, 5) is 27.1. The minimum absolute atomic E-state index is 0.0484. The topological polar surface area (TPSA) is 49.4 Å². The summed E-state index contributed by atoms with van der Waals surface area (Å²) in [7, 11) is 0. The summed E-state index contributed by atoms with van der Waals surface area (Å²) < 4.78 is 26.7. The van der Waals surface area contributed by atoms with Crippen molar-refractivity contribution in [1.29, 1.82) is 0 Å². The van der Waals surface area contributed by atoms with Gasteiger partial charge in [0.1, 0.15) is 11.6 Å². The number of nitrogens with zero attached hydrogens (tertiary/aromatic N) is 1. The molecule has 0 aromatic heterocycles. The van der Waals surface area contributed by atoms with Crippen molar-refractivity contribution in [3.05, 3.63) is 59.7 Å². The average molecular weight is 376 g/mol. The van der Waals surface area contributed by atoms with E-state index in [2.05, 4.69) is 5.32 Å². The second kappa shape index (κ2) is 8.31. The number of carbonyl (C=O) groups excluding carboxylic acids is 2. The molecule has 1 aliphatic heterocycles. The molecule has 136 valence electrons. The van der Waals surface area contributed by atoms with Crippen LogP contribution in [0.2, 0.25) is 0 Å². The predicted molar refractivity (Wildman–Crippen MR) is 97.3 cm³/mol. The molecule has 1 N–H and O–H groups in total. The van der Waals surface area contributed by atoms with Gasteiger partial charge in [0.05, 0.1) is 17.0 Å². The van der Waals surface area contributed by atoms with Gasteiger partial charge in [0.15, 0.2) is 0 Å². The largest absolute Gasteiger partial charge is 0.342 e. The lowest BCUT2D eigenvalue weighted by atomic mass is 10.2. The van der Waals surface area contributed by atoms with Crippen LogP contribution < -0.4 is 5.32 Å². The van der Waals surface area contributed by atoms with Crippen LogP contribution in [0.1, 0.15) is 23.2 Å². The molecular weight excluding hydrogens is 358 g/mol. The standard InChI is InChI=1S/C19H18F2N2O2S/c20-13-7-8-16(15(21)11-13)22-19(25)14-5-1-2-6-17(14)26-12-18(24)23-9-3-4-10-23/h1-2,5-8,11H,3-4,9-10,12H2,(H,22,25). The summed E-state index contributed by atoms with van der Waals surface area (Å²) in [6.07, 6.45) is 2.05. The molecule has 0 spiro atoms. The Balaban J connectivity index is 1.69. The maximum absolute atomic E-state index is 13.7. The van der Waals surface area contributed by atoms with Gasteiger partial charge in [-0.15, -0.1) is 11.8 Å². The third-order valence-electron chi connectivity index (χ3n) is 4.12. The number of amides is 2. The first-order valence-corrected chi connectivity index (χ1v) is 9.29. The molecule has 7 heteroatoms. The lowest BCUT2D eigenvalue weighted by Crippen LogP contribution is -2.29. The fourth-order valence-electron chi connectivity index (χ4n) is 2.76. The molecule has 0 radical (unpaired) electrons. The molecule has 4 nitrogen and oxygen atoms in total. The first kappa shape index (κ1) is 18.4. The number of nitrogens with one attached hydrogen (secondary N) is 1. The van der Waals surface area contributed by atoms with E-state index >= 15 is 0 Å². The van der Waals surface area contributed by atoms with Crippen LogP contribution in [0.15, 0.2) is 47.4 Å². The van der Waals surface area contributed by atoms with Crippen molar-refractivity contribution in [2.45, 2.75) is 17.7 Å². The highest BCUT2D eigenvalue weighted by Gasteiger charge is 2.19. The van der Waals surface area contributed by atoms with Gasteiger partial charge in [0, 0.05) is 24.1 Å². The maximum atomic E-state index is 13.7. The fourth-order valence-corrected chi connectivity index (χ4v) is 3.71. The van der Waals surface area contributed by atoms with E-state index in [0.717, 1.165) is 32.0 Å². The summed E-state index contributed by atoms with van der Waals surface area (Å²) >= 11 is 1.28. The highest BCUT2D eigenvalue weighted by molar-refractivity contribution is 8.00. The van der Waals surface area contributed by atoms with Gasteiger partial charge in [-0.1, -0.05) is 12.1 Å². The summed E-state index contributed by atoms with van der Waals surface area (Å²) in [5.74, 6) is -1.76. The second-order valence-corrected chi connectivity index (χ2v) is 6.97. The average Bonchev–Trinajstić information content (AvgIpc) is 3.17. The van der Waals surface area contributed by atoms with Crippen LogP contribution in [0, 0.1) is 11.6 Å². The number of thioether (sulfide) groups is 1. The number of benzene rings is 2. The van der Waals surface area contributed by atoms with E-state index in [1.807, 2.05) is 4.90 Å². The summed E-state index contributed by atoms with van der Waals surface area (Å²) in [5.41, 5.74) is 0.250. The van der Waals surface area contributed by atoms with E-state index in [0.29, 0.717) is 16.5 Å². The van der Waals surface area contributed by atoms with Gasteiger partial charge in [-0.3, -0.25) is 9.59 Å². The zero-order chi connectivity index (χ0) is 18.5. The summed E-state index contributed by atoms with van der Waals surface area (Å²) in [6.45, 7) is 1.57. The monoisotopic (exact) mass is 376 g/mol. The SMILES string of the molecule is O=C(Nc1ccc(F)cc1F)c1ccccc1SCC(=O)N1CCCC1. The fraction of sp³-hybridized carbons (Fsp3) is 0.263. The van der Waals surface area contributed by atoms with Crippen molar-refractivity contribution in [2.75, 3.05) is 24.2 Å². The van der Waals surface area contributed by atoms with Crippen LogP contribution in [0.4, 0.5) is 14.5 Å². The first-order chi connectivity index (χ1) is 12.5. The van der Waals surface area contributed by atoms with Gasteiger partial charge in [-0.25, -0.2) is 8.78 Å². The number of halogens is 2. The molecular formula is C19H18F2N2O2S. The molecule has 2 amide bonds. The van der Waals surface area contributed by atoms with Crippen molar-refractivity contribution in [2.24, 2.45) is 0 Å². The quantitative estimate of drug-likeness (QED) is 0.805. The molecule has 1 aliphatic rings. The van der Waals surface area contributed by atoms with Gasteiger partial charge in [0.25, 0.3) is 5.91 Å². The zero-order valence-electron chi connectivity index (χ0n) is 14.0. The van der Waals surface area contributed by atoms with Crippen molar-refractivity contribution in [3.63, 3.8) is 0 Å². The number of hydrogen-bond donors (Lipinski definition) is 1. The number of rotatable bonds is 5. The molecule has 1 saturated heterocycles. The van der Waals surface area contributed by atoms with Crippen LogP contribution in [0.3, 0.4) is 0 Å². The number of hydrogen-bond acceptors (Lipinski definition) is 3. The third-order valence-corrected chi connectivity index (χ3v) is 5.18. The Labute approximate surface area is 154 Å². The van der Waals surface area contributed by atoms with Gasteiger partial charge >= 0.3 is 0 Å². The van der Waals surface area contributed by atoms with Crippen molar-refractivity contribution >= 4 is 29.3 Å². The zero-order valence-corrected chi connectivity index (χ0v) is 14.8. The first-order valence-electron chi connectivity index (χ1n) is 8.30. The molecule has 0 aliphatic carbocycles. The Kier molecular flexibility index (Phi) is 5.88. The van der Waals surface area contributed by atoms with Crippen molar-refractivity contribution in [3.8, 4) is 0 Å². The molecule has 3 rings (SSSR count). The van der Waals surface area contributed by atoms with Crippen LogP contribution in [0.25, 0.3) is 0 Å².